The number of amidine groups is 1. The highest BCUT2D eigenvalue weighted by Crippen LogP contribution is 2.54. The van der Waals surface area contributed by atoms with Gasteiger partial charge in [0.1, 0.15) is 34.2 Å². The molecule has 0 spiro atoms. The molecule has 4 aliphatic rings. The largest absolute Gasteiger partial charge is 0.496 e. The molecular weight excluding hydrogens is 1150 g/mol. The van der Waals surface area contributed by atoms with Gasteiger partial charge >= 0.3 is 6.03 Å². The first-order valence-electron chi connectivity index (χ1n) is 29.4. The van der Waals surface area contributed by atoms with E-state index in [4.69, 9.17) is 42.4 Å². The molecular formula is C66H76Cl2N8O7S2. The quantitative estimate of drug-likeness (QED) is 0.104. The molecule has 4 heterocycles. The van der Waals surface area contributed by atoms with Gasteiger partial charge in [0.15, 0.2) is 5.13 Å². The second kappa shape index (κ2) is 25.8. The summed E-state index contributed by atoms with van der Waals surface area (Å²) in [6.45, 7) is 21.2. The summed E-state index contributed by atoms with van der Waals surface area (Å²) in [6.07, 6.45) is 6.56. The molecule has 6 aromatic rings. The number of amides is 5. The first-order chi connectivity index (χ1) is 40.7. The summed E-state index contributed by atoms with van der Waals surface area (Å²) in [6, 6.07) is 33.1. The Morgan fingerprint density at radius 2 is 1.41 bits per heavy atom. The predicted molar refractivity (Wildman–Crippen MR) is 339 cm³/mol. The molecule has 0 bridgehead atoms. The Kier molecular flexibility index (Phi) is 18.6. The van der Waals surface area contributed by atoms with E-state index in [9.17, 15) is 14.4 Å². The third-order valence-corrected chi connectivity index (χ3v) is 20.1. The number of benzene rings is 5. The van der Waals surface area contributed by atoms with E-state index in [1.54, 1.807) is 42.2 Å². The average Bonchev–Trinajstić information content (AvgIpc) is 1.66. The van der Waals surface area contributed by atoms with Gasteiger partial charge in [-0.15, -0.1) is 0 Å². The maximum atomic E-state index is 15.8. The Bertz CT molecular complexity index is 3450. The number of aryl methyl sites for hydroxylation is 1. The highest BCUT2D eigenvalue weighted by Gasteiger charge is 2.60. The van der Waals surface area contributed by atoms with Crippen LogP contribution in [0.4, 0.5) is 9.93 Å². The molecule has 4 atom stereocenters. The summed E-state index contributed by atoms with van der Waals surface area (Å²) in [7, 11) is 1.56. The van der Waals surface area contributed by atoms with Crippen LogP contribution in [0.15, 0.2) is 123 Å². The SMILES string of the molecule is CCOc1cc(C(C)(C)C)ccc1C1=N[C@@](C)(c2ccc(Cl)cc2)[C@@](C)(c2ccc(Cl)cc2)N1C(=O)N1CCN(C2CCCC(Oc3ccc(C(=O)Nc4ncc(Sc5cc(C(=O)N6CCN(C(C)=O)CC6)c(OC)cc5C)s4)cc3)CC2)CC1. The number of rotatable bonds is 14. The van der Waals surface area contributed by atoms with Gasteiger partial charge in [0.25, 0.3) is 11.8 Å². The van der Waals surface area contributed by atoms with Crippen molar-refractivity contribution >= 4 is 81.0 Å². The summed E-state index contributed by atoms with van der Waals surface area (Å²) in [5, 5.41) is 4.63. The second-order valence-electron chi connectivity index (χ2n) is 23.7. The number of halogens is 2. The minimum atomic E-state index is -1.02. The fraction of sp³-hybridized carbons (Fsp3) is 0.424. The van der Waals surface area contributed by atoms with Gasteiger partial charge in [-0.25, -0.2) is 9.78 Å². The van der Waals surface area contributed by atoms with Gasteiger partial charge in [-0.1, -0.05) is 97.4 Å². The minimum absolute atomic E-state index is 0.00382. The van der Waals surface area contributed by atoms with Crippen LogP contribution >= 0.6 is 46.3 Å². The number of aromatic nitrogens is 1. The first-order valence-corrected chi connectivity index (χ1v) is 31.7. The average molecular weight is 1230 g/mol. The number of urea groups is 1. The molecule has 5 aromatic carbocycles. The van der Waals surface area contributed by atoms with Crippen LogP contribution < -0.4 is 19.5 Å². The number of nitrogens with one attached hydrogen (secondary N) is 1. The number of aliphatic imine (C=N–C) groups is 1. The summed E-state index contributed by atoms with van der Waals surface area (Å²) < 4.78 is 19.5. The lowest BCUT2D eigenvalue weighted by Gasteiger charge is -2.48. The highest BCUT2D eigenvalue weighted by atomic mass is 35.5. The van der Waals surface area contributed by atoms with Crippen LogP contribution in [0.25, 0.3) is 0 Å². The maximum Gasteiger partial charge on any atom is 0.326 e. The van der Waals surface area contributed by atoms with E-state index in [0.717, 1.165) is 82.1 Å². The van der Waals surface area contributed by atoms with E-state index in [-0.39, 0.29) is 35.3 Å². The van der Waals surface area contributed by atoms with E-state index in [1.807, 2.05) is 96.4 Å². The number of nitrogens with zero attached hydrogens (tertiary/aromatic N) is 7. The smallest absolute Gasteiger partial charge is 0.326 e. The van der Waals surface area contributed by atoms with Crippen molar-refractivity contribution in [3.63, 3.8) is 0 Å². The van der Waals surface area contributed by atoms with E-state index in [0.29, 0.717) is 101 Å². The molecule has 15 nitrogen and oxygen atoms in total. The fourth-order valence-electron chi connectivity index (χ4n) is 12.2. The van der Waals surface area contributed by atoms with Crippen molar-refractivity contribution in [2.75, 3.05) is 71.4 Å². The topological polar surface area (TPSA) is 149 Å². The van der Waals surface area contributed by atoms with Crippen molar-refractivity contribution in [2.24, 2.45) is 4.99 Å². The minimum Gasteiger partial charge on any atom is -0.496 e. The van der Waals surface area contributed by atoms with Crippen LogP contribution in [0.2, 0.25) is 10.0 Å². The Labute approximate surface area is 518 Å². The van der Waals surface area contributed by atoms with Gasteiger partial charge < -0.3 is 28.9 Å². The molecule has 1 N–H and O–H groups in total. The maximum absolute atomic E-state index is 15.8. The van der Waals surface area contributed by atoms with Crippen LogP contribution in [0, 0.1) is 6.92 Å². The summed E-state index contributed by atoms with van der Waals surface area (Å²) in [5.74, 6) is 2.02. The Hall–Kier alpha value is -6.63. The molecule has 85 heavy (non-hydrogen) atoms. The van der Waals surface area contributed by atoms with Crippen molar-refractivity contribution in [2.45, 2.75) is 125 Å². The van der Waals surface area contributed by atoms with Crippen LogP contribution in [-0.2, 0) is 21.3 Å². The van der Waals surface area contributed by atoms with E-state index in [1.165, 1.54) is 23.1 Å². The van der Waals surface area contributed by atoms with Crippen LogP contribution in [0.3, 0.4) is 0 Å². The van der Waals surface area contributed by atoms with Crippen LogP contribution in [0.5, 0.6) is 17.2 Å². The lowest BCUT2D eigenvalue weighted by atomic mass is 9.71. The number of ether oxygens (including phenoxy) is 3. The van der Waals surface area contributed by atoms with Gasteiger partial charge in [-0.3, -0.25) is 34.5 Å². The van der Waals surface area contributed by atoms with Crippen molar-refractivity contribution in [3.8, 4) is 17.2 Å². The van der Waals surface area contributed by atoms with Crippen molar-refractivity contribution in [1.29, 1.82) is 0 Å². The molecule has 0 radical (unpaired) electrons. The highest BCUT2D eigenvalue weighted by molar-refractivity contribution is 8.01. The van der Waals surface area contributed by atoms with Gasteiger partial charge in [0, 0.05) is 85.8 Å². The van der Waals surface area contributed by atoms with Crippen LogP contribution in [0.1, 0.15) is 129 Å². The zero-order valence-electron chi connectivity index (χ0n) is 50.0. The molecule has 1 aliphatic carbocycles. The number of hydrogen-bond acceptors (Lipinski definition) is 12. The number of piperazine rings is 2. The predicted octanol–water partition coefficient (Wildman–Crippen LogP) is 13.6. The lowest BCUT2D eigenvalue weighted by Crippen LogP contribution is -2.61. The van der Waals surface area contributed by atoms with Gasteiger partial charge in [-0.05, 0) is 160 Å². The van der Waals surface area contributed by atoms with E-state index < -0.39 is 11.1 Å². The summed E-state index contributed by atoms with van der Waals surface area (Å²) in [4.78, 5) is 75.8. The Morgan fingerprint density at radius 1 is 0.765 bits per heavy atom. The normalized spacial score (nSPS) is 21.3. The Balaban J connectivity index is 0.768. The van der Waals surface area contributed by atoms with Crippen molar-refractivity contribution in [3.05, 3.63) is 158 Å². The van der Waals surface area contributed by atoms with E-state index >= 15 is 4.79 Å². The fourth-order valence-corrected chi connectivity index (χ4v) is 14.4. The summed E-state index contributed by atoms with van der Waals surface area (Å²) >= 11 is 15.9. The standard InChI is InChI=1S/C66H76Cl2N8O7S2/c1-10-82-56-39-47(64(4,5)6)20-29-53(56)59-71-65(7,45-16-21-48(67)22-17-45)66(8,46-18-23-49(68)24-19-46)76(59)63(80)75-36-32-73(33-37-75)50-12-11-13-51(28-25-50)83-52-26-14-44(15-27-52)60(78)70-62-69-41-58(85-62)84-57-40-54(55(81-9)38-42(57)2)61(79)74-34-30-72(31-35-74)43(3)77/h14-24,26-27,29,38-41,50-51H,10-13,25,28,30-37H2,1-9H3,(H,69,70,78)/t50?,51?,65-,66+/m0/s1. The monoisotopic (exact) mass is 1230 g/mol. The zero-order valence-corrected chi connectivity index (χ0v) is 53.2. The Morgan fingerprint density at radius 3 is 2.05 bits per heavy atom. The van der Waals surface area contributed by atoms with Gasteiger partial charge in [0.2, 0.25) is 5.91 Å². The first kappa shape index (κ1) is 61.5. The van der Waals surface area contributed by atoms with E-state index in [2.05, 4.69) is 68.0 Å². The second-order valence-corrected chi connectivity index (χ2v) is 27.0. The third-order valence-electron chi connectivity index (χ3n) is 17.4. The number of hydrogen-bond donors (Lipinski definition) is 1. The third kappa shape index (κ3) is 13.1. The molecule has 10 rings (SSSR count). The number of methoxy groups -OCH3 is 1. The zero-order chi connectivity index (χ0) is 60.4. The number of carbonyl (C=O) groups is 4. The molecule has 3 aliphatic heterocycles. The van der Waals surface area contributed by atoms with Crippen molar-refractivity contribution in [1.82, 2.24) is 29.5 Å². The molecule has 2 saturated heterocycles. The lowest BCUT2D eigenvalue weighted by molar-refractivity contribution is -0.130. The molecule has 5 amide bonds. The number of carbonyl (C=O) groups excluding carboxylic acids is 4. The van der Waals surface area contributed by atoms with Gasteiger partial charge in [0.05, 0.1) is 41.4 Å². The molecule has 1 aromatic heterocycles. The number of anilines is 1. The molecule has 448 valence electrons. The molecule has 3 fully saturated rings. The van der Waals surface area contributed by atoms with Crippen LogP contribution in [-0.4, -0.2) is 137 Å². The molecule has 19 heteroatoms. The van der Waals surface area contributed by atoms with Crippen molar-refractivity contribution < 1.29 is 33.4 Å². The van der Waals surface area contributed by atoms with Gasteiger partial charge in [-0.2, -0.15) is 0 Å². The number of thiazole rings is 1. The molecule has 1 saturated carbocycles. The summed E-state index contributed by atoms with van der Waals surface area (Å²) in [5.41, 5.74) is 3.43. The molecule has 2 unspecified atom stereocenters.